The third kappa shape index (κ3) is 3.87. The van der Waals surface area contributed by atoms with Crippen LogP contribution >= 0.6 is 11.6 Å². The van der Waals surface area contributed by atoms with E-state index < -0.39 is 0 Å². The minimum Gasteiger partial charge on any atom is -0.496 e. The molecule has 3 heteroatoms. The molecule has 1 unspecified atom stereocenters. The Hall–Kier alpha value is -0.730. The molecule has 1 aliphatic carbocycles. The fourth-order valence-corrected chi connectivity index (χ4v) is 3.37. The van der Waals surface area contributed by atoms with Gasteiger partial charge in [-0.2, -0.15) is 0 Å². The first-order valence-corrected chi connectivity index (χ1v) is 7.68. The maximum atomic E-state index is 6.12. The first kappa shape index (κ1) is 14.7. The van der Waals surface area contributed by atoms with Gasteiger partial charge in [0.25, 0.3) is 0 Å². The highest BCUT2D eigenvalue weighted by molar-refractivity contribution is 6.30. The summed E-state index contributed by atoms with van der Waals surface area (Å²) in [6, 6.07) is 6.44. The molecule has 1 fully saturated rings. The predicted molar refractivity (Wildman–Crippen MR) is 81.1 cm³/mol. The smallest absolute Gasteiger partial charge is 0.122 e. The number of halogens is 1. The lowest BCUT2D eigenvalue weighted by Gasteiger charge is -2.25. The monoisotopic (exact) mass is 281 g/mol. The van der Waals surface area contributed by atoms with E-state index in [1.165, 1.54) is 31.2 Å². The number of nitrogens with one attached hydrogen (secondary N) is 1. The number of methoxy groups -OCH3 is 1. The summed E-state index contributed by atoms with van der Waals surface area (Å²) in [6.45, 7) is 3.20. The van der Waals surface area contributed by atoms with Gasteiger partial charge < -0.3 is 10.1 Å². The quantitative estimate of drug-likeness (QED) is 0.849. The summed E-state index contributed by atoms with van der Waals surface area (Å²) in [4.78, 5) is 0. The van der Waals surface area contributed by atoms with Crippen molar-refractivity contribution in [2.24, 2.45) is 5.92 Å². The van der Waals surface area contributed by atoms with E-state index in [0.717, 1.165) is 29.7 Å². The molecule has 1 saturated carbocycles. The van der Waals surface area contributed by atoms with E-state index in [9.17, 15) is 0 Å². The van der Waals surface area contributed by atoms with E-state index in [1.807, 2.05) is 18.2 Å². The topological polar surface area (TPSA) is 21.3 Å². The molecular weight excluding hydrogens is 258 g/mol. The third-order valence-electron chi connectivity index (χ3n) is 4.12. The van der Waals surface area contributed by atoms with Crippen LogP contribution in [-0.2, 0) is 6.42 Å². The number of ether oxygens (including phenoxy) is 1. The number of hydrogen-bond acceptors (Lipinski definition) is 2. The van der Waals surface area contributed by atoms with Crippen LogP contribution in [0.5, 0.6) is 5.75 Å². The lowest BCUT2D eigenvalue weighted by Crippen LogP contribution is -2.37. The summed E-state index contributed by atoms with van der Waals surface area (Å²) < 4.78 is 5.46. The number of rotatable bonds is 6. The molecule has 1 N–H and O–H groups in total. The van der Waals surface area contributed by atoms with Gasteiger partial charge in [-0.1, -0.05) is 31.4 Å². The van der Waals surface area contributed by atoms with Gasteiger partial charge in [0.05, 0.1) is 7.11 Å². The molecule has 0 spiro atoms. The van der Waals surface area contributed by atoms with Crippen molar-refractivity contribution >= 4 is 11.6 Å². The second-order valence-corrected chi connectivity index (χ2v) is 5.81. The summed E-state index contributed by atoms with van der Waals surface area (Å²) >= 11 is 6.12. The van der Waals surface area contributed by atoms with Crippen molar-refractivity contribution in [3.8, 4) is 5.75 Å². The molecule has 1 atom stereocenters. The van der Waals surface area contributed by atoms with Crippen molar-refractivity contribution in [2.45, 2.75) is 45.1 Å². The summed E-state index contributed by atoms with van der Waals surface area (Å²) in [6.07, 6.45) is 6.45. The van der Waals surface area contributed by atoms with Crippen LogP contribution in [0.2, 0.25) is 5.02 Å². The Kier molecular flexibility index (Phi) is 5.53. The van der Waals surface area contributed by atoms with Gasteiger partial charge in [-0.05, 0) is 55.5 Å². The molecule has 1 aromatic carbocycles. The Morgan fingerprint density at radius 1 is 1.37 bits per heavy atom. The van der Waals surface area contributed by atoms with Crippen molar-refractivity contribution in [1.29, 1.82) is 0 Å². The first-order chi connectivity index (χ1) is 9.24. The van der Waals surface area contributed by atoms with Crippen LogP contribution in [0.25, 0.3) is 0 Å². The average molecular weight is 282 g/mol. The van der Waals surface area contributed by atoms with E-state index >= 15 is 0 Å². The first-order valence-electron chi connectivity index (χ1n) is 7.30. The van der Waals surface area contributed by atoms with E-state index in [-0.39, 0.29) is 0 Å². The Labute approximate surface area is 121 Å². The Morgan fingerprint density at radius 2 is 2.11 bits per heavy atom. The van der Waals surface area contributed by atoms with Crippen molar-refractivity contribution in [3.63, 3.8) is 0 Å². The van der Waals surface area contributed by atoms with Gasteiger partial charge in [-0.3, -0.25) is 0 Å². The van der Waals surface area contributed by atoms with E-state index in [2.05, 4.69) is 12.2 Å². The normalized spacial score (nSPS) is 17.6. The fourth-order valence-electron chi connectivity index (χ4n) is 3.17. The van der Waals surface area contributed by atoms with Gasteiger partial charge in [0.1, 0.15) is 5.75 Å². The van der Waals surface area contributed by atoms with E-state index in [4.69, 9.17) is 16.3 Å². The fraction of sp³-hybridized carbons (Fsp3) is 0.625. The molecule has 2 rings (SSSR count). The van der Waals surface area contributed by atoms with Gasteiger partial charge in [-0.25, -0.2) is 0 Å². The molecule has 1 aromatic rings. The zero-order valence-electron chi connectivity index (χ0n) is 11.9. The highest BCUT2D eigenvalue weighted by Gasteiger charge is 2.25. The van der Waals surface area contributed by atoms with Crippen LogP contribution in [-0.4, -0.2) is 19.7 Å². The molecule has 2 nitrogen and oxygen atoms in total. The minimum atomic E-state index is 0.542. The van der Waals surface area contributed by atoms with Crippen molar-refractivity contribution < 1.29 is 4.74 Å². The van der Waals surface area contributed by atoms with Crippen LogP contribution in [0.4, 0.5) is 0 Å². The van der Waals surface area contributed by atoms with Crippen LogP contribution in [0.1, 0.15) is 38.2 Å². The summed E-state index contributed by atoms with van der Waals surface area (Å²) in [5.74, 6) is 1.74. The average Bonchev–Trinajstić information content (AvgIpc) is 2.92. The molecule has 0 bridgehead atoms. The largest absolute Gasteiger partial charge is 0.496 e. The van der Waals surface area contributed by atoms with Gasteiger partial charge >= 0.3 is 0 Å². The second kappa shape index (κ2) is 7.16. The standard InChI is InChI=1S/C16H24ClNO/c1-3-18-15(12-6-4-5-7-12)11-13-10-14(17)8-9-16(13)19-2/h8-10,12,15,18H,3-7,11H2,1-2H3. The molecule has 0 radical (unpaired) electrons. The van der Waals surface area contributed by atoms with E-state index in [0.29, 0.717) is 6.04 Å². The number of benzene rings is 1. The summed E-state index contributed by atoms with van der Waals surface area (Å²) in [5.41, 5.74) is 1.22. The lowest BCUT2D eigenvalue weighted by atomic mass is 9.92. The number of likely N-dealkylation sites (N-methyl/N-ethyl adjacent to an activating group) is 1. The molecule has 106 valence electrons. The van der Waals surface area contributed by atoms with Gasteiger partial charge in [0, 0.05) is 11.1 Å². The zero-order valence-corrected chi connectivity index (χ0v) is 12.7. The Bertz CT molecular complexity index is 402. The van der Waals surface area contributed by atoms with Crippen LogP contribution in [0.15, 0.2) is 18.2 Å². The van der Waals surface area contributed by atoms with E-state index in [1.54, 1.807) is 7.11 Å². The molecule has 0 saturated heterocycles. The molecule has 0 aliphatic heterocycles. The van der Waals surface area contributed by atoms with Gasteiger partial charge in [-0.15, -0.1) is 0 Å². The van der Waals surface area contributed by atoms with Gasteiger partial charge in [0.15, 0.2) is 0 Å². The summed E-state index contributed by atoms with van der Waals surface area (Å²) in [5, 5.41) is 4.43. The zero-order chi connectivity index (χ0) is 13.7. The third-order valence-corrected chi connectivity index (χ3v) is 4.35. The molecular formula is C16H24ClNO. The SMILES string of the molecule is CCNC(Cc1cc(Cl)ccc1OC)C1CCCC1. The molecule has 19 heavy (non-hydrogen) atoms. The van der Waals surface area contributed by atoms with Crippen molar-refractivity contribution in [3.05, 3.63) is 28.8 Å². The van der Waals surface area contributed by atoms with Crippen LogP contribution in [0.3, 0.4) is 0 Å². The predicted octanol–water partition coefficient (Wildman–Crippen LogP) is 4.06. The second-order valence-electron chi connectivity index (χ2n) is 5.37. The highest BCUT2D eigenvalue weighted by Crippen LogP contribution is 2.31. The maximum absolute atomic E-state index is 6.12. The molecule has 0 amide bonds. The summed E-state index contributed by atoms with van der Waals surface area (Å²) in [7, 11) is 1.73. The van der Waals surface area contributed by atoms with Crippen molar-refractivity contribution in [1.82, 2.24) is 5.32 Å². The van der Waals surface area contributed by atoms with Crippen LogP contribution in [0, 0.1) is 5.92 Å². The molecule has 0 aromatic heterocycles. The van der Waals surface area contributed by atoms with Crippen molar-refractivity contribution in [2.75, 3.05) is 13.7 Å². The molecule has 1 aliphatic rings. The van der Waals surface area contributed by atoms with Crippen LogP contribution < -0.4 is 10.1 Å². The van der Waals surface area contributed by atoms with Gasteiger partial charge in [0.2, 0.25) is 0 Å². The maximum Gasteiger partial charge on any atom is 0.122 e. The highest BCUT2D eigenvalue weighted by atomic mass is 35.5. The lowest BCUT2D eigenvalue weighted by molar-refractivity contribution is 0.353. The Morgan fingerprint density at radius 3 is 2.74 bits per heavy atom. The number of hydrogen-bond donors (Lipinski definition) is 1. The minimum absolute atomic E-state index is 0.542. The Balaban J connectivity index is 2.13. The molecule has 0 heterocycles.